The predicted octanol–water partition coefficient (Wildman–Crippen LogP) is 10.9. The van der Waals surface area contributed by atoms with Gasteiger partial charge in [0.1, 0.15) is 30.5 Å². The topological polar surface area (TPSA) is 160 Å². The highest BCUT2D eigenvalue weighted by Gasteiger charge is 2.45. The number of rotatable bonds is 43. The van der Waals surface area contributed by atoms with Crippen molar-refractivity contribution in [2.45, 2.75) is 307 Å². The highest BCUT2D eigenvalue weighted by atomic mass is 16.5. The SMILES string of the molecule is CCCCCCCCCCCCCCCCCCCCCCCCCC(=O)NC(CC1O[C@H](CO)[C@H](O)[C@H](O)[C@H]1O)C(O)C(O)CCCCCCCCCCCCCC. The molecule has 1 rings (SSSR count). The lowest BCUT2D eigenvalue weighted by Crippen LogP contribution is -2.61. The minimum absolute atomic E-state index is 0.0801. The van der Waals surface area contributed by atoms with E-state index in [1.54, 1.807) is 0 Å². The normalized spacial score (nSPS) is 21.1. The third-order valence-corrected chi connectivity index (χ3v) is 13.0. The lowest BCUT2D eigenvalue weighted by Gasteiger charge is -2.42. The second-order valence-corrected chi connectivity index (χ2v) is 18.5. The maximum Gasteiger partial charge on any atom is 0.220 e. The van der Waals surface area contributed by atoms with E-state index in [-0.39, 0.29) is 12.3 Å². The van der Waals surface area contributed by atoms with Crippen LogP contribution in [0.1, 0.15) is 258 Å². The van der Waals surface area contributed by atoms with Crippen LogP contribution in [0.3, 0.4) is 0 Å². The average molecular weight is 842 g/mol. The number of hydrogen-bond acceptors (Lipinski definition) is 8. The van der Waals surface area contributed by atoms with Gasteiger partial charge in [0, 0.05) is 6.42 Å². The third-order valence-electron chi connectivity index (χ3n) is 13.0. The predicted molar refractivity (Wildman–Crippen MR) is 245 cm³/mol. The Hall–Kier alpha value is -0.810. The summed E-state index contributed by atoms with van der Waals surface area (Å²) in [5, 5.41) is 66.1. The van der Waals surface area contributed by atoms with Gasteiger partial charge in [0.2, 0.25) is 5.91 Å². The van der Waals surface area contributed by atoms with Crippen LogP contribution in [-0.4, -0.2) is 91.9 Å². The van der Waals surface area contributed by atoms with E-state index in [1.807, 2.05) is 0 Å². The number of aliphatic hydroxyl groups excluding tert-OH is 6. The average Bonchev–Trinajstić information content (AvgIpc) is 3.23. The zero-order valence-electron chi connectivity index (χ0n) is 38.7. The second kappa shape index (κ2) is 40.0. The molecule has 8 atom stereocenters. The molecule has 1 amide bonds. The van der Waals surface area contributed by atoms with Crippen LogP contribution >= 0.6 is 0 Å². The number of nitrogens with one attached hydrogen (secondary N) is 1. The van der Waals surface area contributed by atoms with Gasteiger partial charge < -0.3 is 40.7 Å². The molecule has 9 heteroatoms. The van der Waals surface area contributed by atoms with Gasteiger partial charge in [-0.15, -0.1) is 0 Å². The van der Waals surface area contributed by atoms with E-state index >= 15 is 0 Å². The fourth-order valence-electron chi connectivity index (χ4n) is 8.89. The molecule has 9 nitrogen and oxygen atoms in total. The van der Waals surface area contributed by atoms with Crippen molar-refractivity contribution in [3.63, 3.8) is 0 Å². The molecule has 0 bridgehead atoms. The fraction of sp³-hybridized carbons (Fsp3) is 0.980. The van der Waals surface area contributed by atoms with Crippen LogP contribution in [0.2, 0.25) is 0 Å². The molecule has 4 unspecified atom stereocenters. The molecule has 1 aliphatic heterocycles. The Kier molecular flexibility index (Phi) is 38.1. The standard InChI is InChI=1S/C50H99NO8/c1-3-5-7-9-11-13-15-17-18-19-20-21-22-23-24-25-26-27-29-31-33-35-37-39-46(54)51-42(40-44-48(56)50(58)49(57)45(41-52)59-44)47(55)43(53)38-36-34-32-30-28-16-14-12-10-8-6-4-2/h42-45,47-50,52-53,55-58H,3-41H2,1-2H3,(H,51,54)/t42?,43?,44?,45-,47?,48+,49+,50-/m1/s1. The molecule has 1 aliphatic rings. The molecule has 352 valence electrons. The first-order chi connectivity index (χ1) is 28.8. The van der Waals surface area contributed by atoms with Crippen molar-refractivity contribution in [1.82, 2.24) is 5.32 Å². The Morgan fingerprint density at radius 3 is 1.15 bits per heavy atom. The number of carbonyl (C=O) groups excluding carboxylic acids is 1. The molecule has 7 N–H and O–H groups in total. The molecule has 1 saturated heterocycles. The molecule has 0 aromatic heterocycles. The summed E-state index contributed by atoms with van der Waals surface area (Å²) in [4.78, 5) is 13.1. The van der Waals surface area contributed by atoms with Gasteiger partial charge >= 0.3 is 0 Å². The first-order valence-electron chi connectivity index (χ1n) is 25.7. The van der Waals surface area contributed by atoms with Gasteiger partial charge in [0.05, 0.1) is 24.9 Å². The first-order valence-corrected chi connectivity index (χ1v) is 25.7. The van der Waals surface area contributed by atoms with E-state index < -0.39 is 55.4 Å². The van der Waals surface area contributed by atoms with Crippen molar-refractivity contribution in [2.24, 2.45) is 0 Å². The maximum absolute atomic E-state index is 13.1. The molecule has 0 aromatic carbocycles. The molecule has 1 fully saturated rings. The van der Waals surface area contributed by atoms with Crippen LogP contribution < -0.4 is 5.32 Å². The lowest BCUT2D eigenvalue weighted by molar-refractivity contribution is -0.233. The van der Waals surface area contributed by atoms with Gasteiger partial charge in [0.25, 0.3) is 0 Å². The first kappa shape index (κ1) is 56.2. The van der Waals surface area contributed by atoms with Crippen LogP contribution in [0.15, 0.2) is 0 Å². The van der Waals surface area contributed by atoms with Gasteiger partial charge in [0.15, 0.2) is 0 Å². The molecular formula is C50H99NO8. The molecule has 59 heavy (non-hydrogen) atoms. The van der Waals surface area contributed by atoms with Gasteiger partial charge in [-0.3, -0.25) is 4.79 Å². The molecule has 0 radical (unpaired) electrons. The molecular weight excluding hydrogens is 743 g/mol. The fourth-order valence-corrected chi connectivity index (χ4v) is 8.89. The van der Waals surface area contributed by atoms with Gasteiger partial charge in [-0.25, -0.2) is 0 Å². The lowest BCUT2D eigenvalue weighted by atomic mass is 9.88. The van der Waals surface area contributed by atoms with Crippen LogP contribution in [0.4, 0.5) is 0 Å². The number of hydrogen-bond donors (Lipinski definition) is 7. The number of amides is 1. The highest BCUT2D eigenvalue weighted by Crippen LogP contribution is 2.26. The summed E-state index contributed by atoms with van der Waals surface area (Å²) < 4.78 is 5.71. The summed E-state index contributed by atoms with van der Waals surface area (Å²) in [5.41, 5.74) is 0. The quantitative estimate of drug-likeness (QED) is 0.0299. The van der Waals surface area contributed by atoms with Gasteiger partial charge in [-0.1, -0.05) is 232 Å². The Morgan fingerprint density at radius 2 is 0.797 bits per heavy atom. The monoisotopic (exact) mass is 842 g/mol. The molecule has 0 saturated carbocycles. The summed E-state index contributed by atoms with van der Waals surface area (Å²) in [5.74, 6) is -0.236. The van der Waals surface area contributed by atoms with Crippen molar-refractivity contribution < 1.29 is 40.2 Å². The van der Waals surface area contributed by atoms with E-state index in [1.165, 1.54) is 186 Å². The molecule has 1 heterocycles. The number of unbranched alkanes of at least 4 members (excludes halogenated alkanes) is 33. The Balaban J connectivity index is 2.26. The van der Waals surface area contributed by atoms with Crippen LogP contribution in [0.5, 0.6) is 0 Å². The zero-order chi connectivity index (χ0) is 43.2. The third kappa shape index (κ3) is 30.0. The summed E-state index contributed by atoms with van der Waals surface area (Å²) in [7, 11) is 0. The summed E-state index contributed by atoms with van der Waals surface area (Å²) in [6.07, 6.45) is 36.2. The van der Waals surface area contributed by atoms with Gasteiger partial charge in [-0.2, -0.15) is 0 Å². The van der Waals surface area contributed by atoms with Crippen molar-refractivity contribution in [3.8, 4) is 0 Å². The minimum Gasteiger partial charge on any atom is -0.394 e. The maximum atomic E-state index is 13.1. The van der Waals surface area contributed by atoms with Crippen molar-refractivity contribution in [1.29, 1.82) is 0 Å². The Morgan fingerprint density at radius 1 is 0.475 bits per heavy atom. The van der Waals surface area contributed by atoms with Crippen LogP contribution in [0, 0.1) is 0 Å². The number of carbonyl (C=O) groups is 1. The van der Waals surface area contributed by atoms with E-state index in [2.05, 4.69) is 19.2 Å². The minimum atomic E-state index is -1.54. The van der Waals surface area contributed by atoms with E-state index in [0.717, 1.165) is 38.5 Å². The van der Waals surface area contributed by atoms with Crippen LogP contribution in [-0.2, 0) is 9.53 Å². The van der Waals surface area contributed by atoms with Crippen LogP contribution in [0.25, 0.3) is 0 Å². The number of ether oxygens (including phenoxy) is 1. The van der Waals surface area contributed by atoms with Crippen molar-refractivity contribution in [2.75, 3.05) is 6.61 Å². The van der Waals surface area contributed by atoms with E-state index in [9.17, 15) is 35.4 Å². The molecule has 0 spiro atoms. The zero-order valence-corrected chi connectivity index (χ0v) is 38.7. The molecule has 0 aliphatic carbocycles. The number of aliphatic hydroxyl groups is 6. The van der Waals surface area contributed by atoms with Crippen molar-refractivity contribution in [3.05, 3.63) is 0 Å². The second-order valence-electron chi connectivity index (χ2n) is 18.5. The molecule has 0 aromatic rings. The summed E-state index contributed by atoms with van der Waals surface area (Å²) in [6.45, 7) is 3.97. The Bertz CT molecular complexity index is 908. The van der Waals surface area contributed by atoms with Gasteiger partial charge in [-0.05, 0) is 19.3 Å². The summed E-state index contributed by atoms with van der Waals surface area (Å²) in [6, 6.07) is -0.930. The Labute approximate surface area is 363 Å². The highest BCUT2D eigenvalue weighted by molar-refractivity contribution is 5.76. The van der Waals surface area contributed by atoms with E-state index in [0.29, 0.717) is 12.8 Å². The summed E-state index contributed by atoms with van der Waals surface area (Å²) >= 11 is 0. The van der Waals surface area contributed by atoms with E-state index in [4.69, 9.17) is 4.74 Å². The smallest absolute Gasteiger partial charge is 0.220 e. The van der Waals surface area contributed by atoms with Crippen molar-refractivity contribution >= 4 is 5.91 Å². The largest absolute Gasteiger partial charge is 0.394 e.